The third-order valence-electron chi connectivity index (χ3n) is 4.58. The van der Waals surface area contributed by atoms with E-state index in [-0.39, 0.29) is 16.9 Å². The molecule has 5 heteroatoms. The Morgan fingerprint density at radius 1 is 1.14 bits per heavy atom. The lowest BCUT2D eigenvalue weighted by atomic mass is 9.82. The second kappa shape index (κ2) is 7.54. The Morgan fingerprint density at radius 2 is 1.86 bits per heavy atom. The third-order valence-corrected chi connectivity index (χ3v) is 4.58. The summed E-state index contributed by atoms with van der Waals surface area (Å²) >= 11 is 0. The van der Waals surface area contributed by atoms with Crippen molar-refractivity contribution in [2.75, 3.05) is 5.32 Å². The van der Waals surface area contributed by atoms with E-state index in [4.69, 9.17) is 9.72 Å². The van der Waals surface area contributed by atoms with Gasteiger partial charge in [-0.1, -0.05) is 32.9 Å². The number of hydrogen-bond donors (Lipinski definition) is 1. The molecule has 0 aliphatic rings. The summed E-state index contributed by atoms with van der Waals surface area (Å²) in [6.45, 7) is 14.6. The van der Waals surface area contributed by atoms with Crippen molar-refractivity contribution in [1.82, 2.24) is 9.38 Å². The molecule has 29 heavy (non-hydrogen) atoms. The van der Waals surface area contributed by atoms with Gasteiger partial charge in [-0.25, -0.2) is 4.98 Å². The van der Waals surface area contributed by atoms with E-state index in [2.05, 4.69) is 63.4 Å². The summed E-state index contributed by atoms with van der Waals surface area (Å²) in [4.78, 5) is 16.3. The standard InChI is InChI=1S/C24H31N3O2/c1-16-11-12-27-20(13-16)25-21(18-9-8-10-19(14-18)29-17(2)28)22(27)26-24(6,7)15-23(3,4)5/h8-14,26H,15H2,1-7H3. The molecule has 0 spiro atoms. The van der Waals surface area contributed by atoms with Crippen LogP contribution in [-0.4, -0.2) is 20.9 Å². The van der Waals surface area contributed by atoms with Gasteiger partial charge in [0, 0.05) is 24.2 Å². The van der Waals surface area contributed by atoms with E-state index < -0.39 is 0 Å². The number of ether oxygens (including phenoxy) is 1. The lowest BCUT2D eigenvalue weighted by Gasteiger charge is -2.34. The van der Waals surface area contributed by atoms with Crippen molar-refractivity contribution in [2.24, 2.45) is 5.41 Å². The van der Waals surface area contributed by atoms with Gasteiger partial charge >= 0.3 is 5.97 Å². The van der Waals surface area contributed by atoms with E-state index in [1.165, 1.54) is 6.92 Å². The number of benzene rings is 1. The highest BCUT2D eigenvalue weighted by Crippen LogP contribution is 2.35. The van der Waals surface area contributed by atoms with Crippen LogP contribution in [0.1, 0.15) is 53.5 Å². The number of nitrogens with one attached hydrogen (secondary N) is 1. The van der Waals surface area contributed by atoms with Gasteiger partial charge < -0.3 is 10.1 Å². The zero-order chi connectivity index (χ0) is 21.4. The fraction of sp³-hybridized carbons (Fsp3) is 0.417. The van der Waals surface area contributed by atoms with E-state index in [0.29, 0.717) is 5.75 Å². The zero-order valence-electron chi connectivity index (χ0n) is 18.5. The van der Waals surface area contributed by atoms with Gasteiger partial charge in [-0.15, -0.1) is 0 Å². The molecule has 0 aliphatic heterocycles. The molecule has 1 aromatic carbocycles. The molecule has 0 fully saturated rings. The fourth-order valence-corrected chi connectivity index (χ4v) is 4.03. The van der Waals surface area contributed by atoms with Crippen molar-refractivity contribution in [3.63, 3.8) is 0 Å². The first-order valence-corrected chi connectivity index (χ1v) is 9.99. The highest BCUT2D eigenvalue weighted by molar-refractivity contribution is 5.78. The average molecular weight is 394 g/mol. The molecule has 154 valence electrons. The quantitative estimate of drug-likeness (QED) is 0.436. The van der Waals surface area contributed by atoms with E-state index in [9.17, 15) is 4.79 Å². The van der Waals surface area contributed by atoms with E-state index >= 15 is 0 Å². The van der Waals surface area contributed by atoms with Gasteiger partial charge in [-0.2, -0.15) is 0 Å². The average Bonchev–Trinajstić information content (AvgIpc) is 2.89. The SMILES string of the molecule is CC(=O)Oc1cccc(-c2nc3cc(C)ccn3c2NC(C)(C)CC(C)(C)C)c1. The minimum atomic E-state index is -0.336. The van der Waals surface area contributed by atoms with E-state index in [0.717, 1.165) is 34.7 Å². The lowest BCUT2D eigenvalue weighted by molar-refractivity contribution is -0.131. The van der Waals surface area contributed by atoms with E-state index in [1.54, 1.807) is 6.07 Å². The molecule has 0 bridgehead atoms. The van der Waals surface area contributed by atoms with Crippen molar-refractivity contribution < 1.29 is 9.53 Å². The number of anilines is 1. The number of pyridine rings is 1. The molecule has 2 heterocycles. The van der Waals surface area contributed by atoms with E-state index in [1.807, 2.05) is 24.4 Å². The maximum atomic E-state index is 11.4. The summed E-state index contributed by atoms with van der Waals surface area (Å²) in [5.74, 6) is 1.12. The van der Waals surface area contributed by atoms with Crippen LogP contribution in [0, 0.1) is 12.3 Å². The van der Waals surface area contributed by atoms with Gasteiger partial charge in [0.1, 0.15) is 22.9 Å². The molecule has 0 unspecified atom stereocenters. The molecule has 3 rings (SSSR count). The Morgan fingerprint density at radius 3 is 2.52 bits per heavy atom. The first-order chi connectivity index (χ1) is 13.4. The number of nitrogens with zero attached hydrogens (tertiary/aromatic N) is 2. The summed E-state index contributed by atoms with van der Waals surface area (Å²) in [6.07, 6.45) is 3.04. The molecule has 5 nitrogen and oxygen atoms in total. The van der Waals surface area contributed by atoms with Crippen LogP contribution in [0.25, 0.3) is 16.9 Å². The summed E-state index contributed by atoms with van der Waals surface area (Å²) in [6, 6.07) is 11.7. The normalized spacial score (nSPS) is 12.2. The Hall–Kier alpha value is -2.82. The van der Waals surface area contributed by atoms with Crippen LogP contribution >= 0.6 is 0 Å². The van der Waals surface area contributed by atoms with Crippen LogP contribution in [-0.2, 0) is 4.79 Å². The van der Waals surface area contributed by atoms with Gasteiger partial charge in [0.05, 0.1) is 0 Å². The first kappa shape index (κ1) is 20.9. The number of aromatic nitrogens is 2. The van der Waals surface area contributed by atoms with Crippen molar-refractivity contribution in [1.29, 1.82) is 0 Å². The predicted octanol–water partition coefficient (Wildman–Crippen LogP) is 5.86. The monoisotopic (exact) mass is 393 g/mol. The van der Waals surface area contributed by atoms with Gasteiger partial charge in [0.25, 0.3) is 0 Å². The van der Waals surface area contributed by atoms with Crippen LogP contribution in [0.15, 0.2) is 42.6 Å². The van der Waals surface area contributed by atoms with Crippen molar-refractivity contribution in [2.45, 2.75) is 60.4 Å². The number of fused-ring (bicyclic) bond motifs is 1. The molecular formula is C24H31N3O2. The second-order valence-electron chi connectivity index (χ2n) is 9.61. The first-order valence-electron chi connectivity index (χ1n) is 9.99. The molecule has 3 aromatic rings. The fourth-order valence-electron chi connectivity index (χ4n) is 4.03. The molecule has 0 atom stereocenters. The molecule has 0 radical (unpaired) electrons. The molecule has 2 aromatic heterocycles. The summed E-state index contributed by atoms with van der Waals surface area (Å²) in [7, 11) is 0. The maximum Gasteiger partial charge on any atom is 0.308 e. The van der Waals surface area contributed by atoms with Gasteiger partial charge in [-0.3, -0.25) is 9.20 Å². The molecule has 0 saturated carbocycles. The summed E-state index contributed by atoms with van der Waals surface area (Å²) in [5.41, 5.74) is 3.82. The van der Waals surface area contributed by atoms with Crippen LogP contribution < -0.4 is 10.1 Å². The van der Waals surface area contributed by atoms with Crippen LogP contribution in [0.2, 0.25) is 0 Å². The number of aryl methyl sites for hydroxylation is 1. The number of carbonyl (C=O) groups is 1. The third kappa shape index (κ3) is 5.17. The smallest absolute Gasteiger partial charge is 0.308 e. The number of rotatable bonds is 5. The lowest BCUT2D eigenvalue weighted by Crippen LogP contribution is -2.36. The predicted molar refractivity (Wildman–Crippen MR) is 118 cm³/mol. The summed E-state index contributed by atoms with van der Waals surface area (Å²) < 4.78 is 7.37. The van der Waals surface area contributed by atoms with Crippen molar-refractivity contribution >= 4 is 17.4 Å². The number of esters is 1. The van der Waals surface area contributed by atoms with Gasteiger partial charge in [0.15, 0.2) is 0 Å². The zero-order valence-corrected chi connectivity index (χ0v) is 18.5. The molecule has 1 N–H and O–H groups in total. The minimum Gasteiger partial charge on any atom is -0.427 e. The minimum absolute atomic E-state index is 0.138. The van der Waals surface area contributed by atoms with Crippen LogP contribution in [0.4, 0.5) is 5.82 Å². The number of imidazole rings is 1. The Bertz CT molecular complexity index is 1040. The van der Waals surface area contributed by atoms with Crippen LogP contribution in [0.5, 0.6) is 5.75 Å². The maximum absolute atomic E-state index is 11.4. The van der Waals surface area contributed by atoms with Crippen LogP contribution in [0.3, 0.4) is 0 Å². The highest BCUT2D eigenvalue weighted by Gasteiger charge is 2.28. The summed E-state index contributed by atoms with van der Waals surface area (Å²) in [5, 5.41) is 3.74. The van der Waals surface area contributed by atoms with Gasteiger partial charge in [0.2, 0.25) is 0 Å². The second-order valence-corrected chi connectivity index (χ2v) is 9.61. The van der Waals surface area contributed by atoms with Gasteiger partial charge in [-0.05, 0) is 62.4 Å². The molecule has 0 aliphatic carbocycles. The molecule has 0 amide bonds. The van der Waals surface area contributed by atoms with Crippen molar-refractivity contribution in [3.8, 4) is 17.0 Å². The topological polar surface area (TPSA) is 55.6 Å². The largest absolute Gasteiger partial charge is 0.427 e. The Balaban J connectivity index is 2.12. The number of hydrogen-bond acceptors (Lipinski definition) is 4. The molecular weight excluding hydrogens is 362 g/mol. The molecule has 0 saturated heterocycles. The Labute approximate surface area is 173 Å². The number of carbonyl (C=O) groups excluding carboxylic acids is 1. The highest BCUT2D eigenvalue weighted by atomic mass is 16.5. The van der Waals surface area contributed by atoms with Crippen molar-refractivity contribution in [3.05, 3.63) is 48.2 Å². The Kier molecular flexibility index (Phi) is 5.44.